The van der Waals surface area contributed by atoms with Crippen molar-refractivity contribution in [3.05, 3.63) is 30.1 Å². The fraction of sp³-hybridized carbons (Fsp3) is 0.385. The van der Waals surface area contributed by atoms with Crippen molar-refractivity contribution in [1.29, 1.82) is 0 Å². The van der Waals surface area contributed by atoms with Crippen LogP contribution in [0.4, 0.5) is 10.1 Å². The lowest BCUT2D eigenvalue weighted by atomic mass is 10.0. The largest absolute Gasteiger partial charge is 0.393 e. The number of carbonyl (C=O) groups excluding carboxylic acids is 1. The first-order valence-electron chi connectivity index (χ1n) is 5.87. The molecule has 0 bridgehead atoms. The number of amides is 1. The summed E-state index contributed by atoms with van der Waals surface area (Å²) in [4.78, 5) is 14.1. The maximum atomic E-state index is 12.9. The molecule has 1 rings (SSSR count). The summed E-state index contributed by atoms with van der Waals surface area (Å²) in [5.74, 6) is -0.937. The number of anilines is 1. The molecule has 1 amide bonds. The summed E-state index contributed by atoms with van der Waals surface area (Å²) in [5.41, 5.74) is 6.22. The van der Waals surface area contributed by atoms with Crippen LogP contribution in [-0.2, 0) is 4.79 Å². The first kappa shape index (κ1) is 14.6. The van der Waals surface area contributed by atoms with E-state index in [4.69, 9.17) is 18.0 Å². The van der Waals surface area contributed by atoms with Gasteiger partial charge in [-0.3, -0.25) is 4.79 Å². The highest BCUT2D eigenvalue weighted by Gasteiger charge is 2.25. The molecule has 0 saturated heterocycles. The molecule has 0 heterocycles. The van der Waals surface area contributed by atoms with Crippen LogP contribution >= 0.6 is 12.2 Å². The Bertz CT molecular complexity index is 433. The van der Waals surface area contributed by atoms with Gasteiger partial charge in [-0.2, -0.15) is 0 Å². The molecule has 0 aliphatic heterocycles. The molecule has 0 aliphatic rings. The Hall–Kier alpha value is -1.49. The average Bonchev–Trinajstić information content (AvgIpc) is 2.33. The van der Waals surface area contributed by atoms with Gasteiger partial charge in [0.15, 0.2) is 0 Å². The van der Waals surface area contributed by atoms with Gasteiger partial charge in [0.2, 0.25) is 5.91 Å². The minimum absolute atomic E-state index is 0.140. The SMILES string of the molecule is CCC(C(=O)N(CC)c1ccc(F)cc1)C(N)=S. The highest BCUT2D eigenvalue weighted by molar-refractivity contribution is 7.80. The molecule has 5 heteroatoms. The number of nitrogens with zero attached hydrogens (tertiary/aromatic N) is 1. The first-order chi connectivity index (χ1) is 8.51. The molecule has 3 nitrogen and oxygen atoms in total. The van der Waals surface area contributed by atoms with Crippen molar-refractivity contribution < 1.29 is 9.18 Å². The highest BCUT2D eigenvalue weighted by atomic mass is 32.1. The molecular formula is C13H17FN2OS. The Labute approximate surface area is 112 Å². The Balaban J connectivity index is 2.99. The normalized spacial score (nSPS) is 11.9. The van der Waals surface area contributed by atoms with Crippen molar-refractivity contribution in [2.75, 3.05) is 11.4 Å². The Morgan fingerprint density at radius 2 is 1.94 bits per heavy atom. The van der Waals surface area contributed by atoms with Gasteiger partial charge >= 0.3 is 0 Å². The minimum atomic E-state index is -0.468. The predicted octanol–water partition coefficient (Wildman–Crippen LogP) is 2.49. The van der Waals surface area contributed by atoms with E-state index < -0.39 is 5.92 Å². The number of carbonyl (C=O) groups is 1. The highest BCUT2D eigenvalue weighted by Crippen LogP contribution is 2.18. The van der Waals surface area contributed by atoms with E-state index >= 15 is 0 Å². The van der Waals surface area contributed by atoms with Gasteiger partial charge in [0.05, 0.1) is 10.9 Å². The molecule has 0 spiro atoms. The number of hydrogen-bond donors (Lipinski definition) is 1. The molecule has 98 valence electrons. The van der Waals surface area contributed by atoms with Crippen LogP contribution < -0.4 is 10.6 Å². The first-order valence-corrected chi connectivity index (χ1v) is 6.28. The summed E-state index contributed by atoms with van der Waals surface area (Å²) < 4.78 is 12.9. The monoisotopic (exact) mass is 268 g/mol. The molecule has 1 atom stereocenters. The number of thiocarbonyl (C=S) groups is 1. The summed E-state index contributed by atoms with van der Waals surface area (Å²) in [5, 5.41) is 0. The average molecular weight is 268 g/mol. The van der Waals surface area contributed by atoms with Gasteiger partial charge in [0.25, 0.3) is 0 Å². The molecular weight excluding hydrogens is 251 g/mol. The minimum Gasteiger partial charge on any atom is -0.393 e. The van der Waals surface area contributed by atoms with Crippen molar-refractivity contribution >= 4 is 28.8 Å². The zero-order valence-electron chi connectivity index (χ0n) is 10.5. The van der Waals surface area contributed by atoms with E-state index in [1.165, 1.54) is 12.1 Å². The molecule has 1 aromatic rings. The summed E-state index contributed by atoms with van der Waals surface area (Å²) >= 11 is 4.90. The number of hydrogen-bond acceptors (Lipinski definition) is 2. The third kappa shape index (κ3) is 3.26. The van der Waals surface area contributed by atoms with Gasteiger partial charge in [-0.05, 0) is 37.6 Å². The van der Waals surface area contributed by atoms with Gasteiger partial charge in [0.1, 0.15) is 5.82 Å². The van der Waals surface area contributed by atoms with Crippen molar-refractivity contribution in [1.82, 2.24) is 0 Å². The van der Waals surface area contributed by atoms with Crippen molar-refractivity contribution in [3.8, 4) is 0 Å². The molecule has 0 aromatic heterocycles. The third-order valence-corrected chi connectivity index (χ3v) is 3.05. The van der Waals surface area contributed by atoms with Gasteiger partial charge in [-0.25, -0.2) is 4.39 Å². The van der Waals surface area contributed by atoms with Gasteiger partial charge in [0, 0.05) is 12.2 Å². The Kier molecular flexibility index (Phi) is 5.22. The smallest absolute Gasteiger partial charge is 0.236 e. The standard InChI is InChI=1S/C13H17FN2OS/c1-3-11(12(15)18)13(17)16(4-2)10-7-5-9(14)6-8-10/h5-8,11H,3-4H2,1-2H3,(H2,15,18). The molecule has 18 heavy (non-hydrogen) atoms. The lowest BCUT2D eigenvalue weighted by molar-refractivity contribution is -0.120. The van der Waals surface area contributed by atoms with Crippen molar-refractivity contribution in [2.45, 2.75) is 20.3 Å². The van der Waals surface area contributed by atoms with E-state index in [-0.39, 0.29) is 16.7 Å². The van der Waals surface area contributed by atoms with Gasteiger partial charge in [-0.15, -0.1) is 0 Å². The van der Waals surface area contributed by atoms with Crippen LogP contribution in [0.1, 0.15) is 20.3 Å². The van der Waals surface area contributed by atoms with Crippen LogP contribution in [0.25, 0.3) is 0 Å². The van der Waals surface area contributed by atoms with Crippen LogP contribution in [-0.4, -0.2) is 17.4 Å². The molecule has 0 fully saturated rings. The van der Waals surface area contributed by atoms with Crippen molar-refractivity contribution in [2.24, 2.45) is 11.7 Å². The topological polar surface area (TPSA) is 46.3 Å². The van der Waals surface area contributed by atoms with E-state index in [0.29, 0.717) is 18.7 Å². The van der Waals surface area contributed by atoms with Crippen LogP contribution in [0.2, 0.25) is 0 Å². The van der Waals surface area contributed by atoms with E-state index in [9.17, 15) is 9.18 Å². The zero-order chi connectivity index (χ0) is 13.7. The van der Waals surface area contributed by atoms with E-state index in [2.05, 4.69) is 0 Å². The third-order valence-electron chi connectivity index (χ3n) is 2.77. The van der Waals surface area contributed by atoms with E-state index in [0.717, 1.165) is 0 Å². The molecule has 0 saturated carbocycles. The second-order valence-corrected chi connectivity index (χ2v) is 4.39. The summed E-state index contributed by atoms with van der Waals surface area (Å²) in [6.45, 7) is 4.21. The molecule has 1 unspecified atom stereocenters. The number of rotatable bonds is 5. The second kappa shape index (κ2) is 6.44. The summed E-state index contributed by atoms with van der Waals surface area (Å²) in [6, 6.07) is 5.80. The van der Waals surface area contributed by atoms with Crippen molar-refractivity contribution in [3.63, 3.8) is 0 Å². The Morgan fingerprint density at radius 3 is 2.33 bits per heavy atom. The van der Waals surface area contributed by atoms with Gasteiger partial charge < -0.3 is 10.6 Å². The molecule has 0 radical (unpaired) electrons. The van der Waals surface area contributed by atoms with Crippen LogP contribution in [0.3, 0.4) is 0 Å². The second-order valence-electron chi connectivity index (χ2n) is 3.92. The maximum Gasteiger partial charge on any atom is 0.236 e. The fourth-order valence-electron chi connectivity index (χ4n) is 1.77. The molecule has 1 aromatic carbocycles. The lowest BCUT2D eigenvalue weighted by Gasteiger charge is -2.25. The zero-order valence-corrected chi connectivity index (χ0v) is 11.3. The number of nitrogens with two attached hydrogens (primary N) is 1. The van der Waals surface area contributed by atoms with E-state index in [1.807, 2.05) is 13.8 Å². The fourth-order valence-corrected chi connectivity index (χ4v) is 2.04. The lowest BCUT2D eigenvalue weighted by Crippen LogP contribution is -2.41. The number of benzene rings is 1. The van der Waals surface area contributed by atoms with Crippen LogP contribution in [0.15, 0.2) is 24.3 Å². The molecule has 2 N–H and O–H groups in total. The number of halogens is 1. The summed E-state index contributed by atoms with van der Waals surface area (Å²) in [7, 11) is 0. The molecule has 0 aliphatic carbocycles. The quantitative estimate of drug-likeness (QED) is 0.835. The maximum absolute atomic E-state index is 12.9. The summed E-state index contributed by atoms with van der Waals surface area (Å²) in [6.07, 6.45) is 0.561. The Morgan fingerprint density at radius 1 is 1.39 bits per heavy atom. The van der Waals surface area contributed by atoms with Crippen LogP contribution in [0.5, 0.6) is 0 Å². The predicted molar refractivity (Wildman–Crippen MR) is 75.0 cm³/mol. The van der Waals surface area contributed by atoms with E-state index in [1.54, 1.807) is 17.0 Å². The van der Waals surface area contributed by atoms with Gasteiger partial charge in [-0.1, -0.05) is 19.1 Å². The van der Waals surface area contributed by atoms with Crippen LogP contribution in [0, 0.1) is 11.7 Å².